The normalized spacial score (nSPS) is 36.5. The van der Waals surface area contributed by atoms with Gasteiger partial charge in [0.2, 0.25) is 0 Å². The minimum absolute atomic E-state index is 0.0349. The lowest BCUT2D eigenvalue weighted by atomic mass is 9.78. The van der Waals surface area contributed by atoms with Gasteiger partial charge in [-0.3, -0.25) is 0 Å². The summed E-state index contributed by atoms with van der Waals surface area (Å²) < 4.78 is 19.7. The second-order valence-electron chi connectivity index (χ2n) is 6.56. The third kappa shape index (κ3) is 1.93. The number of piperidine rings is 1. The van der Waals surface area contributed by atoms with E-state index in [1.807, 2.05) is 0 Å². The number of benzene rings is 1. The maximum atomic E-state index is 13.5. The number of ether oxygens (including phenoxy) is 1. The van der Waals surface area contributed by atoms with Gasteiger partial charge in [-0.05, 0) is 31.9 Å². The molecule has 2 fully saturated rings. The highest BCUT2D eigenvalue weighted by atomic mass is 19.1. The standard InChI is InChI=1S/C16H21FN2O/c17-11-3-4-13-14(18)10-16(20-15(13)8-11)5-7-19-6-1-2-12(19)9-16/h3-4,8,12,14H,1-2,5-7,9-10,18H2/t12?,14-,16?/m0/s1. The van der Waals surface area contributed by atoms with Crippen molar-refractivity contribution in [3.63, 3.8) is 0 Å². The lowest BCUT2D eigenvalue weighted by molar-refractivity contribution is -0.0360. The molecule has 0 aromatic heterocycles. The molecule has 108 valence electrons. The molecule has 3 aliphatic rings. The highest BCUT2D eigenvalue weighted by Gasteiger charge is 2.46. The van der Waals surface area contributed by atoms with Gasteiger partial charge in [0.15, 0.2) is 0 Å². The van der Waals surface area contributed by atoms with Crippen molar-refractivity contribution in [3.8, 4) is 5.75 Å². The summed E-state index contributed by atoms with van der Waals surface area (Å²) in [4.78, 5) is 2.57. The minimum atomic E-state index is -0.244. The topological polar surface area (TPSA) is 38.5 Å². The number of rotatable bonds is 0. The zero-order valence-corrected chi connectivity index (χ0v) is 11.6. The molecule has 3 heterocycles. The van der Waals surface area contributed by atoms with Gasteiger partial charge in [-0.15, -0.1) is 0 Å². The first-order chi connectivity index (χ1) is 9.65. The molecule has 4 heteroatoms. The lowest BCUT2D eigenvalue weighted by Gasteiger charge is -2.48. The number of hydrogen-bond donors (Lipinski definition) is 1. The van der Waals surface area contributed by atoms with Crippen LogP contribution >= 0.6 is 0 Å². The summed E-state index contributed by atoms with van der Waals surface area (Å²) in [5, 5.41) is 0. The third-order valence-electron chi connectivity index (χ3n) is 5.25. The van der Waals surface area contributed by atoms with Crippen molar-refractivity contribution >= 4 is 0 Å². The first-order valence-corrected chi connectivity index (χ1v) is 7.63. The largest absolute Gasteiger partial charge is 0.487 e. The first kappa shape index (κ1) is 12.6. The van der Waals surface area contributed by atoms with Gasteiger partial charge in [-0.1, -0.05) is 6.07 Å². The van der Waals surface area contributed by atoms with E-state index in [1.54, 1.807) is 6.07 Å². The second-order valence-corrected chi connectivity index (χ2v) is 6.56. The summed E-state index contributed by atoms with van der Waals surface area (Å²) in [6.07, 6.45) is 5.45. The van der Waals surface area contributed by atoms with Gasteiger partial charge in [-0.2, -0.15) is 0 Å². The summed E-state index contributed by atoms with van der Waals surface area (Å²) in [7, 11) is 0. The van der Waals surface area contributed by atoms with Gasteiger partial charge in [-0.25, -0.2) is 4.39 Å². The Labute approximate surface area is 118 Å². The van der Waals surface area contributed by atoms with Crippen LogP contribution in [-0.4, -0.2) is 29.6 Å². The molecule has 3 aliphatic heterocycles. The van der Waals surface area contributed by atoms with E-state index in [1.165, 1.54) is 31.5 Å². The molecular formula is C16H21FN2O. The van der Waals surface area contributed by atoms with Gasteiger partial charge in [0.25, 0.3) is 0 Å². The van der Waals surface area contributed by atoms with Crippen molar-refractivity contribution in [2.75, 3.05) is 13.1 Å². The molecule has 1 aromatic carbocycles. The van der Waals surface area contributed by atoms with Crippen LogP contribution in [0.3, 0.4) is 0 Å². The van der Waals surface area contributed by atoms with Crippen LogP contribution in [0, 0.1) is 5.82 Å². The molecule has 3 nitrogen and oxygen atoms in total. The molecule has 1 aromatic rings. The molecule has 0 saturated carbocycles. The van der Waals surface area contributed by atoms with E-state index in [-0.39, 0.29) is 17.5 Å². The van der Waals surface area contributed by atoms with Crippen molar-refractivity contribution in [3.05, 3.63) is 29.6 Å². The summed E-state index contributed by atoms with van der Waals surface area (Å²) in [5.74, 6) is 0.418. The van der Waals surface area contributed by atoms with E-state index in [2.05, 4.69) is 4.90 Å². The lowest BCUT2D eigenvalue weighted by Crippen LogP contribution is -2.53. The summed E-state index contributed by atoms with van der Waals surface area (Å²) in [6, 6.07) is 5.34. The molecule has 3 atom stereocenters. The highest BCUT2D eigenvalue weighted by Crippen LogP contribution is 2.46. The molecule has 0 amide bonds. The Morgan fingerprint density at radius 2 is 2.20 bits per heavy atom. The van der Waals surface area contributed by atoms with E-state index in [9.17, 15) is 4.39 Å². The summed E-state index contributed by atoms with van der Waals surface area (Å²) in [5.41, 5.74) is 7.10. The average Bonchev–Trinajstić information content (AvgIpc) is 2.85. The van der Waals surface area contributed by atoms with Crippen molar-refractivity contribution in [2.45, 2.75) is 49.8 Å². The number of fused-ring (bicyclic) bond motifs is 2. The van der Waals surface area contributed by atoms with Gasteiger partial charge in [0.05, 0.1) is 0 Å². The van der Waals surface area contributed by atoms with Gasteiger partial charge in [0.1, 0.15) is 17.2 Å². The zero-order chi connectivity index (χ0) is 13.7. The molecule has 1 spiro atoms. The van der Waals surface area contributed by atoms with E-state index < -0.39 is 0 Å². The predicted octanol–water partition coefficient (Wildman–Crippen LogP) is 2.61. The fraction of sp³-hybridized carbons (Fsp3) is 0.625. The maximum Gasteiger partial charge on any atom is 0.127 e. The fourth-order valence-electron chi connectivity index (χ4n) is 4.27. The van der Waals surface area contributed by atoms with Gasteiger partial charge in [0, 0.05) is 43.1 Å². The summed E-state index contributed by atoms with van der Waals surface area (Å²) in [6.45, 7) is 2.31. The Morgan fingerprint density at radius 3 is 3.10 bits per heavy atom. The highest BCUT2D eigenvalue weighted by molar-refractivity contribution is 5.39. The predicted molar refractivity (Wildman–Crippen MR) is 75.1 cm³/mol. The molecule has 4 rings (SSSR count). The van der Waals surface area contributed by atoms with Crippen LogP contribution in [0.2, 0.25) is 0 Å². The van der Waals surface area contributed by atoms with Crippen LogP contribution in [0.15, 0.2) is 18.2 Å². The van der Waals surface area contributed by atoms with E-state index in [0.717, 1.165) is 31.4 Å². The quantitative estimate of drug-likeness (QED) is 0.791. The van der Waals surface area contributed by atoms with Crippen LogP contribution in [0.25, 0.3) is 0 Å². The third-order valence-corrected chi connectivity index (χ3v) is 5.25. The number of halogens is 1. The first-order valence-electron chi connectivity index (χ1n) is 7.63. The Morgan fingerprint density at radius 1 is 1.30 bits per heavy atom. The Bertz CT molecular complexity index is 535. The monoisotopic (exact) mass is 276 g/mol. The summed E-state index contributed by atoms with van der Waals surface area (Å²) >= 11 is 0. The minimum Gasteiger partial charge on any atom is -0.487 e. The SMILES string of the molecule is N[C@H]1CC2(CCN3CCCC3C2)Oc2cc(F)ccc21. The molecular weight excluding hydrogens is 255 g/mol. The average molecular weight is 276 g/mol. The number of hydrogen-bond acceptors (Lipinski definition) is 3. The van der Waals surface area contributed by atoms with Crippen molar-refractivity contribution in [1.29, 1.82) is 0 Å². The molecule has 2 N–H and O–H groups in total. The number of nitrogens with zero attached hydrogens (tertiary/aromatic N) is 1. The second kappa shape index (κ2) is 4.43. The van der Waals surface area contributed by atoms with Crippen LogP contribution in [0.5, 0.6) is 5.75 Å². The zero-order valence-electron chi connectivity index (χ0n) is 11.6. The van der Waals surface area contributed by atoms with Crippen LogP contribution < -0.4 is 10.5 Å². The van der Waals surface area contributed by atoms with Crippen molar-refractivity contribution in [1.82, 2.24) is 4.90 Å². The Kier molecular flexibility index (Phi) is 2.79. The van der Waals surface area contributed by atoms with Crippen LogP contribution in [0.1, 0.15) is 43.7 Å². The number of nitrogens with two attached hydrogens (primary N) is 1. The molecule has 2 saturated heterocycles. The Balaban J connectivity index is 1.64. The van der Waals surface area contributed by atoms with Crippen LogP contribution in [-0.2, 0) is 0 Å². The van der Waals surface area contributed by atoms with E-state index in [4.69, 9.17) is 10.5 Å². The van der Waals surface area contributed by atoms with Crippen molar-refractivity contribution < 1.29 is 9.13 Å². The molecule has 0 radical (unpaired) electrons. The van der Waals surface area contributed by atoms with Gasteiger partial charge >= 0.3 is 0 Å². The molecule has 0 aliphatic carbocycles. The Hall–Kier alpha value is -1.13. The maximum absolute atomic E-state index is 13.5. The van der Waals surface area contributed by atoms with Crippen LogP contribution in [0.4, 0.5) is 4.39 Å². The van der Waals surface area contributed by atoms with E-state index >= 15 is 0 Å². The fourth-order valence-corrected chi connectivity index (χ4v) is 4.27. The van der Waals surface area contributed by atoms with E-state index in [0.29, 0.717) is 11.8 Å². The molecule has 20 heavy (non-hydrogen) atoms. The van der Waals surface area contributed by atoms with Crippen molar-refractivity contribution in [2.24, 2.45) is 5.73 Å². The van der Waals surface area contributed by atoms with Gasteiger partial charge < -0.3 is 15.4 Å². The molecule has 2 unspecified atom stereocenters. The smallest absolute Gasteiger partial charge is 0.127 e. The molecule has 0 bridgehead atoms.